The van der Waals surface area contributed by atoms with Crippen LogP contribution in [0, 0.1) is 5.41 Å². The minimum Gasteiger partial charge on any atom is -0.465 e. The van der Waals surface area contributed by atoms with Crippen molar-refractivity contribution in [3.63, 3.8) is 0 Å². The van der Waals surface area contributed by atoms with E-state index in [-0.39, 0.29) is 32.7 Å². The first-order valence-electron chi connectivity index (χ1n) is 7.71. The Morgan fingerprint density at radius 1 is 0.952 bits per heavy atom. The molecule has 0 saturated carbocycles. The Balaban J connectivity index is 2.25. The Morgan fingerprint density at radius 3 is 2.10 bits per heavy atom. The van der Waals surface area contributed by atoms with E-state index in [2.05, 4.69) is 0 Å². The zero-order chi connectivity index (χ0) is 15.3. The minimum absolute atomic E-state index is 0.178. The van der Waals surface area contributed by atoms with Crippen molar-refractivity contribution in [3.05, 3.63) is 0 Å². The highest BCUT2D eigenvalue weighted by Gasteiger charge is 2.58. The molecule has 0 amide bonds. The molecule has 1 spiro atoms. The number of carbonyl (C=O) groups excluding carboxylic acids is 2. The third kappa shape index (κ3) is 3.21. The maximum absolute atomic E-state index is 12.4. The monoisotopic (exact) mass is 300 g/mol. The van der Waals surface area contributed by atoms with E-state index >= 15 is 0 Å². The van der Waals surface area contributed by atoms with Gasteiger partial charge in [-0.05, 0) is 33.1 Å². The van der Waals surface area contributed by atoms with Gasteiger partial charge in [0.1, 0.15) is 0 Å². The molecule has 2 aliphatic rings. The van der Waals surface area contributed by atoms with Crippen LogP contribution in [-0.4, -0.2) is 44.2 Å². The van der Waals surface area contributed by atoms with Gasteiger partial charge in [0, 0.05) is 12.8 Å². The first kappa shape index (κ1) is 16.2. The van der Waals surface area contributed by atoms with Gasteiger partial charge in [0.15, 0.2) is 11.2 Å². The van der Waals surface area contributed by atoms with Crippen LogP contribution in [0.5, 0.6) is 0 Å². The fourth-order valence-electron chi connectivity index (χ4n) is 3.06. The highest BCUT2D eigenvalue weighted by molar-refractivity contribution is 6.00. The average Bonchev–Trinajstić information content (AvgIpc) is 2.48. The van der Waals surface area contributed by atoms with E-state index in [1.165, 1.54) is 0 Å². The molecule has 2 aliphatic heterocycles. The lowest BCUT2D eigenvalue weighted by Gasteiger charge is -2.46. The van der Waals surface area contributed by atoms with Crippen LogP contribution >= 0.6 is 0 Å². The summed E-state index contributed by atoms with van der Waals surface area (Å²) in [5.74, 6) is -1.91. The Labute approximate surface area is 125 Å². The Kier molecular flexibility index (Phi) is 5.22. The van der Waals surface area contributed by atoms with Crippen LogP contribution in [0.1, 0.15) is 46.0 Å². The highest BCUT2D eigenvalue weighted by Crippen LogP contribution is 2.45. The van der Waals surface area contributed by atoms with E-state index in [0.29, 0.717) is 13.0 Å². The van der Waals surface area contributed by atoms with Gasteiger partial charge in [-0.1, -0.05) is 0 Å². The predicted octanol–water partition coefficient (Wildman–Crippen LogP) is 1.81. The second-order valence-corrected chi connectivity index (χ2v) is 5.51. The van der Waals surface area contributed by atoms with Crippen LogP contribution in [0.3, 0.4) is 0 Å². The summed E-state index contributed by atoms with van der Waals surface area (Å²) in [5, 5.41) is 0. The van der Waals surface area contributed by atoms with E-state index < -0.39 is 23.1 Å². The van der Waals surface area contributed by atoms with Crippen molar-refractivity contribution in [3.8, 4) is 0 Å². The van der Waals surface area contributed by atoms with Gasteiger partial charge in [-0.3, -0.25) is 9.59 Å². The number of ether oxygens (including phenoxy) is 4. The number of hydrogen-bond donors (Lipinski definition) is 0. The lowest BCUT2D eigenvalue weighted by molar-refractivity contribution is -0.292. The molecule has 0 N–H and O–H groups in total. The molecule has 2 fully saturated rings. The van der Waals surface area contributed by atoms with E-state index in [0.717, 1.165) is 12.8 Å². The second-order valence-electron chi connectivity index (χ2n) is 5.51. The molecule has 2 saturated heterocycles. The largest absolute Gasteiger partial charge is 0.465 e. The Bertz CT molecular complexity index is 362. The molecule has 0 aliphatic carbocycles. The standard InChI is InChI=1S/C15H24O6/c1-3-18-12(16)14(13(17)19-4-2)8-10-21-15(11-14)7-5-6-9-20-15/h3-11H2,1-2H3/t15-/m1/s1. The van der Waals surface area contributed by atoms with Gasteiger partial charge in [-0.2, -0.15) is 0 Å². The first-order valence-corrected chi connectivity index (χ1v) is 7.71. The van der Waals surface area contributed by atoms with Gasteiger partial charge < -0.3 is 18.9 Å². The molecule has 0 bridgehead atoms. The third-order valence-corrected chi connectivity index (χ3v) is 4.11. The number of hydrogen-bond acceptors (Lipinski definition) is 6. The SMILES string of the molecule is CCOC(=O)C1(C(=O)OCC)CCO[C@]2(CCCCO2)C1. The summed E-state index contributed by atoms with van der Waals surface area (Å²) < 4.78 is 21.8. The Morgan fingerprint density at radius 2 is 1.57 bits per heavy atom. The van der Waals surface area contributed by atoms with E-state index in [1.54, 1.807) is 13.8 Å². The maximum Gasteiger partial charge on any atom is 0.323 e. The fraction of sp³-hybridized carbons (Fsp3) is 0.867. The molecule has 0 unspecified atom stereocenters. The van der Waals surface area contributed by atoms with Gasteiger partial charge in [-0.15, -0.1) is 0 Å². The van der Waals surface area contributed by atoms with Crippen molar-refractivity contribution in [1.29, 1.82) is 0 Å². The minimum atomic E-state index is -1.30. The quantitative estimate of drug-likeness (QED) is 0.582. The topological polar surface area (TPSA) is 71.1 Å². The van der Waals surface area contributed by atoms with Gasteiger partial charge >= 0.3 is 11.9 Å². The van der Waals surface area contributed by atoms with Crippen LogP contribution < -0.4 is 0 Å². The normalized spacial score (nSPS) is 28.1. The first-order chi connectivity index (χ1) is 10.1. The summed E-state index contributed by atoms with van der Waals surface area (Å²) in [7, 11) is 0. The number of carbonyl (C=O) groups is 2. The molecule has 120 valence electrons. The van der Waals surface area contributed by atoms with Crippen molar-refractivity contribution in [1.82, 2.24) is 0 Å². The molecule has 6 heteroatoms. The van der Waals surface area contributed by atoms with Crippen molar-refractivity contribution < 1.29 is 28.5 Å². The van der Waals surface area contributed by atoms with Crippen LogP contribution in [0.4, 0.5) is 0 Å². The zero-order valence-electron chi connectivity index (χ0n) is 12.8. The number of esters is 2. The van der Waals surface area contributed by atoms with Crippen molar-refractivity contribution in [2.75, 3.05) is 26.4 Å². The summed E-state index contributed by atoms with van der Waals surface area (Å²) in [5.41, 5.74) is -1.30. The molecule has 21 heavy (non-hydrogen) atoms. The summed E-state index contributed by atoms with van der Waals surface area (Å²) in [6.07, 6.45) is 3.07. The smallest absolute Gasteiger partial charge is 0.323 e. The van der Waals surface area contributed by atoms with E-state index in [4.69, 9.17) is 18.9 Å². The average molecular weight is 300 g/mol. The third-order valence-electron chi connectivity index (χ3n) is 4.11. The van der Waals surface area contributed by atoms with Crippen molar-refractivity contribution in [2.45, 2.75) is 51.7 Å². The van der Waals surface area contributed by atoms with Crippen LogP contribution in [0.25, 0.3) is 0 Å². The van der Waals surface area contributed by atoms with Crippen LogP contribution in [-0.2, 0) is 28.5 Å². The molecule has 0 aromatic heterocycles. The van der Waals surface area contributed by atoms with Crippen molar-refractivity contribution >= 4 is 11.9 Å². The second kappa shape index (κ2) is 6.75. The summed E-state index contributed by atoms with van der Waals surface area (Å²) in [6, 6.07) is 0. The van der Waals surface area contributed by atoms with E-state index in [9.17, 15) is 9.59 Å². The molecule has 0 aromatic rings. The van der Waals surface area contributed by atoms with E-state index in [1.807, 2.05) is 0 Å². The van der Waals surface area contributed by atoms with Gasteiger partial charge in [0.25, 0.3) is 0 Å². The van der Waals surface area contributed by atoms with Gasteiger partial charge in [-0.25, -0.2) is 0 Å². The molecule has 2 heterocycles. The molecule has 0 radical (unpaired) electrons. The zero-order valence-corrected chi connectivity index (χ0v) is 12.8. The molecular weight excluding hydrogens is 276 g/mol. The fourth-order valence-corrected chi connectivity index (χ4v) is 3.06. The Hall–Kier alpha value is -1.14. The molecule has 2 rings (SSSR count). The van der Waals surface area contributed by atoms with Crippen LogP contribution in [0.2, 0.25) is 0 Å². The molecule has 0 aromatic carbocycles. The predicted molar refractivity (Wildman–Crippen MR) is 73.4 cm³/mol. The van der Waals surface area contributed by atoms with Gasteiger partial charge in [0.05, 0.1) is 26.4 Å². The highest BCUT2D eigenvalue weighted by atomic mass is 16.7. The summed E-state index contributed by atoms with van der Waals surface area (Å²) in [6.45, 7) is 4.79. The molecular formula is C15H24O6. The number of rotatable bonds is 4. The molecule has 1 atom stereocenters. The van der Waals surface area contributed by atoms with Crippen molar-refractivity contribution in [2.24, 2.45) is 5.41 Å². The molecule has 6 nitrogen and oxygen atoms in total. The summed E-state index contributed by atoms with van der Waals surface area (Å²) >= 11 is 0. The lowest BCUT2D eigenvalue weighted by atomic mass is 9.75. The van der Waals surface area contributed by atoms with Crippen LogP contribution in [0.15, 0.2) is 0 Å². The lowest BCUT2D eigenvalue weighted by Crippen LogP contribution is -2.55. The summed E-state index contributed by atoms with van der Waals surface area (Å²) in [4.78, 5) is 24.9. The van der Waals surface area contributed by atoms with Gasteiger partial charge in [0.2, 0.25) is 0 Å². The maximum atomic E-state index is 12.4.